The van der Waals surface area contributed by atoms with Crippen molar-refractivity contribution < 1.29 is 31.1 Å². The Morgan fingerprint density at radius 3 is 2.23 bits per heavy atom. The molecule has 0 spiro atoms. The molecule has 1 aromatic rings. The number of benzene rings is 1. The molecule has 11 heteroatoms. The molecule has 0 atom stereocenters. The summed E-state index contributed by atoms with van der Waals surface area (Å²) in [6.07, 6.45) is -2.96. The van der Waals surface area contributed by atoms with Crippen LogP contribution >= 0.6 is 0 Å². The summed E-state index contributed by atoms with van der Waals surface area (Å²) in [5.74, 6) is -0.463. The zero-order valence-corrected chi connectivity index (χ0v) is 17.3. The van der Waals surface area contributed by atoms with Crippen molar-refractivity contribution in [3.05, 3.63) is 29.8 Å². The van der Waals surface area contributed by atoms with E-state index in [-0.39, 0.29) is 10.5 Å². The maximum absolute atomic E-state index is 12.9. The quantitative estimate of drug-likeness (QED) is 0.716. The monoisotopic (exact) mass is 449 g/mol. The average molecular weight is 449 g/mol. The minimum atomic E-state index is -4.51. The van der Waals surface area contributed by atoms with Gasteiger partial charge in [-0.2, -0.15) is 17.5 Å². The fourth-order valence-electron chi connectivity index (χ4n) is 3.69. The normalized spacial score (nSPS) is 20.2. The van der Waals surface area contributed by atoms with E-state index in [2.05, 4.69) is 4.90 Å². The van der Waals surface area contributed by atoms with Crippen LogP contribution < -0.4 is 5.32 Å². The highest BCUT2D eigenvalue weighted by molar-refractivity contribution is 7.89. The number of hydrogen-bond donors (Lipinski definition) is 1. The van der Waals surface area contributed by atoms with Gasteiger partial charge in [0.25, 0.3) is 5.91 Å². The zero-order valence-electron chi connectivity index (χ0n) is 16.5. The molecule has 1 aromatic carbocycles. The Labute approximate surface area is 174 Å². The summed E-state index contributed by atoms with van der Waals surface area (Å²) in [7, 11) is -3.71. The highest BCUT2D eigenvalue weighted by Gasteiger charge is 2.31. The van der Waals surface area contributed by atoms with Gasteiger partial charge in [0.1, 0.15) is 6.54 Å². The van der Waals surface area contributed by atoms with E-state index in [1.807, 2.05) is 0 Å². The summed E-state index contributed by atoms with van der Waals surface area (Å²) in [5, 5.41) is 1.76. The van der Waals surface area contributed by atoms with E-state index in [0.29, 0.717) is 19.0 Å². The molecule has 1 amide bonds. The largest absolute Gasteiger partial charge is 0.405 e. The van der Waals surface area contributed by atoms with Gasteiger partial charge < -0.3 is 10.1 Å². The van der Waals surface area contributed by atoms with Gasteiger partial charge in [-0.25, -0.2) is 8.42 Å². The van der Waals surface area contributed by atoms with Crippen LogP contribution in [0.5, 0.6) is 0 Å². The van der Waals surface area contributed by atoms with Crippen molar-refractivity contribution in [2.24, 2.45) is 5.92 Å². The molecule has 3 rings (SSSR count). The van der Waals surface area contributed by atoms with Crippen LogP contribution in [0.3, 0.4) is 0 Å². The number of morpholine rings is 1. The van der Waals surface area contributed by atoms with Crippen LogP contribution in [-0.4, -0.2) is 82.2 Å². The van der Waals surface area contributed by atoms with E-state index in [1.165, 1.54) is 28.6 Å². The van der Waals surface area contributed by atoms with E-state index in [4.69, 9.17) is 4.74 Å². The lowest BCUT2D eigenvalue weighted by atomic mass is 9.97. The van der Waals surface area contributed by atoms with Gasteiger partial charge in [0.2, 0.25) is 10.0 Å². The number of amides is 1. The van der Waals surface area contributed by atoms with Gasteiger partial charge in [-0.3, -0.25) is 9.69 Å². The Hall–Kier alpha value is -1.69. The summed E-state index contributed by atoms with van der Waals surface area (Å²) in [6, 6.07) is 4.98. The number of ether oxygens (including phenoxy) is 1. The van der Waals surface area contributed by atoms with Crippen LogP contribution in [0.4, 0.5) is 13.2 Å². The molecule has 168 valence electrons. The molecular weight excluding hydrogens is 423 g/mol. The zero-order chi connectivity index (χ0) is 21.8. The second-order valence-electron chi connectivity index (χ2n) is 7.58. The predicted octanol–water partition coefficient (Wildman–Crippen LogP) is 1.71. The number of halogens is 3. The van der Waals surface area contributed by atoms with Gasteiger partial charge in [-0.1, -0.05) is 0 Å². The fraction of sp³-hybridized carbons (Fsp3) is 0.632. The number of carbonyl (C=O) groups is 1. The molecule has 0 bridgehead atoms. The minimum absolute atomic E-state index is 0.0255. The molecule has 7 nitrogen and oxygen atoms in total. The summed E-state index contributed by atoms with van der Waals surface area (Å²) >= 11 is 0. The molecule has 30 heavy (non-hydrogen) atoms. The lowest BCUT2D eigenvalue weighted by Crippen LogP contribution is -2.44. The fourth-order valence-corrected chi connectivity index (χ4v) is 5.16. The average Bonchev–Trinajstić information content (AvgIpc) is 2.73. The molecule has 0 unspecified atom stereocenters. The summed E-state index contributed by atoms with van der Waals surface area (Å²) in [4.78, 5) is 14.1. The lowest BCUT2D eigenvalue weighted by molar-refractivity contribution is -0.123. The number of carbonyl (C=O) groups excluding carboxylic acids is 1. The van der Waals surface area contributed by atoms with Gasteiger partial charge in [-0.05, 0) is 43.0 Å². The summed E-state index contributed by atoms with van der Waals surface area (Å²) in [5.41, 5.74) is -0.0255. The van der Waals surface area contributed by atoms with E-state index >= 15 is 0 Å². The number of sulfonamides is 1. The first-order chi connectivity index (χ1) is 14.1. The Kier molecular flexibility index (Phi) is 7.38. The molecule has 1 N–H and O–H groups in total. The van der Waals surface area contributed by atoms with Crippen molar-refractivity contribution >= 4 is 15.9 Å². The molecule has 0 aromatic heterocycles. The Balaban J connectivity index is 1.54. The third kappa shape index (κ3) is 6.16. The van der Waals surface area contributed by atoms with Gasteiger partial charge in [0.05, 0.1) is 18.1 Å². The molecular formula is C19H26F3N3O4S. The van der Waals surface area contributed by atoms with Crippen molar-refractivity contribution in [1.82, 2.24) is 14.5 Å². The Morgan fingerprint density at radius 2 is 1.67 bits per heavy atom. The number of hydrogen-bond acceptors (Lipinski definition) is 5. The molecule has 2 aliphatic rings. The molecule has 2 aliphatic heterocycles. The molecule has 0 saturated carbocycles. The van der Waals surface area contributed by atoms with Crippen LogP contribution in [0.25, 0.3) is 0 Å². The second-order valence-corrected chi connectivity index (χ2v) is 9.52. The number of nitrogens with zero attached hydrogens (tertiary/aromatic N) is 2. The number of piperidine rings is 1. The number of alkyl halides is 3. The molecule has 2 saturated heterocycles. The molecule has 0 aliphatic carbocycles. The maximum Gasteiger partial charge on any atom is 0.405 e. The predicted molar refractivity (Wildman–Crippen MR) is 104 cm³/mol. The summed E-state index contributed by atoms with van der Waals surface area (Å²) < 4.78 is 69.2. The van der Waals surface area contributed by atoms with E-state index in [9.17, 15) is 26.4 Å². The Bertz CT molecular complexity index is 816. The highest BCUT2D eigenvalue weighted by Crippen LogP contribution is 2.25. The van der Waals surface area contributed by atoms with Crippen LogP contribution in [0, 0.1) is 5.92 Å². The van der Waals surface area contributed by atoms with E-state index < -0.39 is 28.7 Å². The van der Waals surface area contributed by atoms with Gasteiger partial charge >= 0.3 is 6.18 Å². The van der Waals surface area contributed by atoms with Gasteiger partial charge in [-0.15, -0.1) is 0 Å². The first-order valence-electron chi connectivity index (χ1n) is 9.90. The van der Waals surface area contributed by atoms with E-state index in [0.717, 1.165) is 45.7 Å². The molecule has 0 radical (unpaired) electrons. The van der Waals surface area contributed by atoms with Crippen LogP contribution in [0.15, 0.2) is 29.2 Å². The third-order valence-corrected chi connectivity index (χ3v) is 7.31. The lowest BCUT2D eigenvalue weighted by Gasteiger charge is -2.35. The van der Waals surface area contributed by atoms with Crippen molar-refractivity contribution in [3.8, 4) is 0 Å². The van der Waals surface area contributed by atoms with Gasteiger partial charge in [0, 0.05) is 38.3 Å². The maximum atomic E-state index is 12.9. The number of nitrogens with one attached hydrogen (secondary N) is 1. The molecule has 2 heterocycles. The SMILES string of the molecule is O=C(NCC(F)(F)F)c1ccc(S(=O)(=O)N2CCC(CN3CCOCC3)CC2)cc1. The van der Waals surface area contributed by atoms with Crippen molar-refractivity contribution in [2.45, 2.75) is 23.9 Å². The first-order valence-corrected chi connectivity index (χ1v) is 11.3. The minimum Gasteiger partial charge on any atom is -0.379 e. The van der Waals surface area contributed by atoms with Crippen molar-refractivity contribution in [1.29, 1.82) is 0 Å². The Morgan fingerprint density at radius 1 is 1.07 bits per heavy atom. The smallest absolute Gasteiger partial charge is 0.379 e. The molecule has 2 fully saturated rings. The highest BCUT2D eigenvalue weighted by atomic mass is 32.2. The first kappa shape index (κ1) is 23.0. The van der Waals surface area contributed by atoms with Crippen LogP contribution in [0.2, 0.25) is 0 Å². The summed E-state index contributed by atoms with van der Waals surface area (Å²) in [6.45, 7) is 3.62. The number of rotatable bonds is 6. The van der Waals surface area contributed by atoms with Crippen molar-refractivity contribution in [3.63, 3.8) is 0 Å². The topological polar surface area (TPSA) is 79.0 Å². The van der Waals surface area contributed by atoms with Gasteiger partial charge in [0.15, 0.2) is 0 Å². The van der Waals surface area contributed by atoms with Crippen molar-refractivity contribution in [2.75, 3.05) is 52.5 Å². The third-order valence-electron chi connectivity index (χ3n) is 5.40. The van der Waals surface area contributed by atoms with Crippen LogP contribution in [-0.2, 0) is 14.8 Å². The standard InChI is InChI=1S/C19H26F3N3O4S/c20-19(21,22)14-23-18(26)16-1-3-17(4-2-16)30(27,28)25-7-5-15(6-8-25)13-24-9-11-29-12-10-24/h1-4,15H,5-14H2,(H,23,26). The van der Waals surface area contributed by atoms with E-state index in [1.54, 1.807) is 5.32 Å². The second kappa shape index (κ2) is 9.63. The van der Waals surface area contributed by atoms with Crippen LogP contribution in [0.1, 0.15) is 23.2 Å².